The molecule has 2 saturated heterocycles. The maximum Gasteiger partial charge on any atom is 0.265 e. The number of amides is 2. The molecule has 2 aromatic rings. The van der Waals surface area contributed by atoms with Gasteiger partial charge in [-0.05, 0) is 73.5 Å². The van der Waals surface area contributed by atoms with Crippen molar-refractivity contribution < 1.29 is 9.59 Å². The maximum atomic E-state index is 12.8. The highest BCUT2D eigenvalue weighted by molar-refractivity contribution is 7.12. The van der Waals surface area contributed by atoms with Gasteiger partial charge >= 0.3 is 0 Å². The predicted octanol–water partition coefficient (Wildman–Crippen LogP) is 3.07. The average Bonchev–Trinajstić information content (AvgIpc) is 3.31. The van der Waals surface area contributed by atoms with E-state index in [0.717, 1.165) is 39.0 Å². The molecule has 0 saturated carbocycles. The van der Waals surface area contributed by atoms with Crippen molar-refractivity contribution >= 4 is 28.8 Å². The highest BCUT2D eigenvalue weighted by atomic mass is 32.1. The van der Waals surface area contributed by atoms with E-state index in [9.17, 15) is 9.59 Å². The Morgan fingerprint density at radius 1 is 1.04 bits per heavy atom. The number of nitrogens with zero attached hydrogens (tertiary/aromatic N) is 1. The minimum Gasteiger partial charge on any atom is -0.339 e. The molecule has 2 aliphatic heterocycles. The molecule has 0 unspecified atom stereocenters. The van der Waals surface area contributed by atoms with Gasteiger partial charge in [-0.3, -0.25) is 9.59 Å². The minimum atomic E-state index is -0.119. The zero-order valence-electron chi connectivity index (χ0n) is 14.6. The van der Waals surface area contributed by atoms with Crippen molar-refractivity contribution in [3.63, 3.8) is 0 Å². The molecule has 0 bridgehead atoms. The van der Waals surface area contributed by atoms with Crippen LogP contribution in [0.3, 0.4) is 0 Å². The predicted molar refractivity (Wildman–Crippen MR) is 104 cm³/mol. The highest BCUT2D eigenvalue weighted by Gasteiger charge is 2.31. The van der Waals surface area contributed by atoms with E-state index < -0.39 is 0 Å². The molecule has 0 spiro atoms. The first-order valence-corrected chi connectivity index (χ1v) is 10.0. The molecule has 4 rings (SSSR count). The number of carbonyl (C=O) groups is 2. The summed E-state index contributed by atoms with van der Waals surface area (Å²) in [5.41, 5.74) is 1.39. The summed E-state index contributed by atoms with van der Waals surface area (Å²) >= 11 is 1.41. The molecule has 2 atom stereocenters. The fourth-order valence-electron chi connectivity index (χ4n) is 3.90. The average molecular weight is 369 g/mol. The van der Waals surface area contributed by atoms with Crippen LogP contribution in [0.1, 0.15) is 32.9 Å². The molecule has 2 aliphatic rings. The van der Waals surface area contributed by atoms with Gasteiger partial charge in [0.05, 0.1) is 4.88 Å². The summed E-state index contributed by atoms with van der Waals surface area (Å²) in [7, 11) is 0. The number of carbonyl (C=O) groups excluding carboxylic acids is 2. The van der Waals surface area contributed by atoms with E-state index >= 15 is 0 Å². The molecule has 5 nitrogen and oxygen atoms in total. The van der Waals surface area contributed by atoms with Gasteiger partial charge in [-0.15, -0.1) is 11.3 Å². The monoisotopic (exact) mass is 369 g/mol. The quantitative estimate of drug-likeness (QED) is 0.874. The van der Waals surface area contributed by atoms with Crippen LogP contribution in [0.4, 0.5) is 5.69 Å². The Morgan fingerprint density at radius 3 is 2.35 bits per heavy atom. The number of nitrogens with one attached hydrogen (secondary N) is 2. The van der Waals surface area contributed by atoms with Gasteiger partial charge in [0.25, 0.3) is 11.8 Å². The first kappa shape index (κ1) is 17.2. The summed E-state index contributed by atoms with van der Waals surface area (Å²) in [5, 5.41) is 8.21. The Labute approximate surface area is 157 Å². The van der Waals surface area contributed by atoms with Crippen molar-refractivity contribution in [3.05, 3.63) is 52.2 Å². The zero-order chi connectivity index (χ0) is 17.9. The summed E-state index contributed by atoms with van der Waals surface area (Å²) in [5.74, 6) is 1.39. The molecule has 1 aromatic carbocycles. The number of thiophene rings is 1. The molecule has 1 aromatic heterocycles. The zero-order valence-corrected chi connectivity index (χ0v) is 15.4. The lowest BCUT2D eigenvalue weighted by Gasteiger charge is -2.21. The van der Waals surface area contributed by atoms with E-state index in [1.54, 1.807) is 30.3 Å². The van der Waals surface area contributed by atoms with Crippen molar-refractivity contribution in [2.75, 3.05) is 31.5 Å². The van der Waals surface area contributed by atoms with Crippen LogP contribution < -0.4 is 10.6 Å². The molecule has 0 radical (unpaired) electrons. The van der Waals surface area contributed by atoms with Gasteiger partial charge in [-0.1, -0.05) is 6.07 Å². The van der Waals surface area contributed by atoms with Gasteiger partial charge in [-0.25, -0.2) is 0 Å². The Morgan fingerprint density at radius 2 is 1.73 bits per heavy atom. The van der Waals surface area contributed by atoms with Gasteiger partial charge in [0, 0.05) is 24.3 Å². The van der Waals surface area contributed by atoms with Gasteiger partial charge in [0.1, 0.15) is 0 Å². The van der Waals surface area contributed by atoms with Gasteiger partial charge in [0.2, 0.25) is 0 Å². The third kappa shape index (κ3) is 3.66. The van der Waals surface area contributed by atoms with Crippen molar-refractivity contribution in [2.24, 2.45) is 11.8 Å². The van der Waals surface area contributed by atoms with Crippen LogP contribution in [-0.4, -0.2) is 42.9 Å². The van der Waals surface area contributed by atoms with E-state index in [4.69, 9.17) is 0 Å². The van der Waals surface area contributed by atoms with Gasteiger partial charge in [0.15, 0.2) is 0 Å². The molecule has 2 N–H and O–H groups in total. The van der Waals surface area contributed by atoms with E-state index in [2.05, 4.69) is 10.6 Å². The number of hydrogen-bond acceptors (Lipinski definition) is 4. The lowest BCUT2D eigenvalue weighted by Crippen LogP contribution is -2.32. The molecule has 2 amide bonds. The third-order valence-electron chi connectivity index (χ3n) is 5.44. The van der Waals surface area contributed by atoms with Crippen LogP contribution in [0.5, 0.6) is 0 Å². The molecular weight excluding hydrogens is 346 g/mol. The Bertz CT molecular complexity index is 759. The van der Waals surface area contributed by atoms with E-state index in [0.29, 0.717) is 28.0 Å². The second-order valence-corrected chi connectivity index (χ2v) is 8.00. The number of rotatable bonds is 3. The van der Waals surface area contributed by atoms with Crippen molar-refractivity contribution in [1.29, 1.82) is 0 Å². The Kier molecular flexibility index (Phi) is 5.04. The van der Waals surface area contributed by atoms with Crippen LogP contribution >= 0.6 is 11.3 Å². The van der Waals surface area contributed by atoms with Crippen LogP contribution in [0.15, 0.2) is 41.8 Å². The lowest BCUT2D eigenvalue weighted by molar-refractivity contribution is 0.0758. The molecular formula is C20H23N3O2S. The van der Waals surface area contributed by atoms with E-state index in [-0.39, 0.29) is 11.8 Å². The number of likely N-dealkylation sites (tertiary alicyclic amines) is 1. The molecule has 3 heterocycles. The summed E-state index contributed by atoms with van der Waals surface area (Å²) in [6.07, 6.45) is 2.16. The van der Waals surface area contributed by atoms with Crippen LogP contribution in [0.25, 0.3) is 0 Å². The number of fused-ring (bicyclic) bond motifs is 1. The molecule has 2 fully saturated rings. The normalized spacial score (nSPS) is 22.5. The molecule has 6 heteroatoms. The lowest BCUT2D eigenvalue weighted by atomic mass is 9.92. The summed E-state index contributed by atoms with van der Waals surface area (Å²) in [6.45, 7) is 3.84. The fraction of sp³-hybridized carbons (Fsp3) is 0.400. The van der Waals surface area contributed by atoms with Crippen molar-refractivity contribution in [3.8, 4) is 0 Å². The van der Waals surface area contributed by atoms with E-state index in [1.807, 2.05) is 16.3 Å². The maximum absolute atomic E-state index is 12.8. The Hall–Kier alpha value is -2.18. The Balaban J connectivity index is 1.38. The standard InChI is InChI=1S/C20H23N3O2S/c24-19(18-2-1-11-26-18)22-17-5-3-14(4-6-17)20(25)23-9-7-15-12-21-13-16(15)8-10-23/h1-6,11,15-16,21H,7-10,12-13H2,(H,22,24)/t15-,16+. The van der Waals surface area contributed by atoms with Crippen LogP contribution in [0, 0.1) is 11.8 Å². The topological polar surface area (TPSA) is 61.4 Å². The van der Waals surface area contributed by atoms with Crippen molar-refractivity contribution in [1.82, 2.24) is 10.2 Å². The third-order valence-corrected chi connectivity index (χ3v) is 6.31. The largest absolute Gasteiger partial charge is 0.339 e. The highest BCUT2D eigenvalue weighted by Crippen LogP contribution is 2.27. The van der Waals surface area contributed by atoms with Gasteiger partial charge < -0.3 is 15.5 Å². The number of benzene rings is 1. The summed E-state index contributed by atoms with van der Waals surface area (Å²) in [6, 6.07) is 10.9. The van der Waals surface area contributed by atoms with Crippen LogP contribution in [-0.2, 0) is 0 Å². The van der Waals surface area contributed by atoms with Crippen molar-refractivity contribution in [2.45, 2.75) is 12.8 Å². The van der Waals surface area contributed by atoms with E-state index in [1.165, 1.54) is 11.3 Å². The minimum absolute atomic E-state index is 0.0917. The summed E-state index contributed by atoms with van der Waals surface area (Å²) in [4.78, 5) is 27.6. The van der Waals surface area contributed by atoms with Crippen LogP contribution in [0.2, 0.25) is 0 Å². The molecule has 0 aliphatic carbocycles. The summed E-state index contributed by atoms with van der Waals surface area (Å²) < 4.78 is 0. The smallest absolute Gasteiger partial charge is 0.265 e. The SMILES string of the molecule is O=C(Nc1ccc(C(=O)N2CC[C@@H]3CNC[C@@H]3CC2)cc1)c1cccs1. The second kappa shape index (κ2) is 7.60. The number of hydrogen-bond donors (Lipinski definition) is 2. The number of anilines is 1. The second-order valence-electron chi connectivity index (χ2n) is 7.06. The fourth-order valence-corrected chi connectivity index (χ4v) is 4.52. The first-order chi connectivity index (χ1) is 12.7. The van der Waals surface area contributed by atoms with Gasteiger partial charge in [-0.2, -0.15) is 0 Å². The molecule has 136 valence electrons. The first-order valence-electron chi connectivity index (χ1n) is 9.15. The molecule has 26 heavy (non-hydrogen) atoms.